The number of carbonyl (C=O) groups is 2. The van der Waals surface area contributed by atoms with Gasteiger partial charge in [0.25, 0.3) is 11.8 Å². The van der Waals surface area contributed by atoms with Crippen LogP contribution in [0.2, 0.25) is 0 Å². The Labute approximate surface area is 170 Å². The number of benzene rings is 1. The molecule has 3 rings (SSSR count). The molecule has 2 aromatic heterocycles. The topological polar surface area (TPSA) is 75.9 Å². The minimum atomic E-state index is -0.382. The number of pyridine rings is 1. The number of amides is 2. The molecule has 7 heteroatoms. The molecule has 0 saturated heterocycles. The molecule has 0 bridgehead atoms. The fraction of sp³-hybridized carbons (Fsp3) is 0.318. The maximum atomic E-state index is 13.1. The predicted molar refractivity (Wildman–Crippen MR) is 113 cm³/mol. The number of fused-ring (bicyclic) bond motifs is 1. The van der Waals surface area contributed by atoms with Crippen molar-refractivity contribution < 1.29 is 14.3 Å². The number of nitrogens with one attached hydrogen (secondary N) is 1. The zero-order chi connectivity index (χ0) is 20.8. The molecule has 3 aromatic rings. The number of aromatic nitrogens is 2. The van der Waals surface area contributed by atoms with Crippen molar-refractivity contribution in [1.82, 2.24) is 14.3 Å². The highest BCUT2D eigenvalue weighted by Gasteiger charge is 2.24. The Bertz CT molecular complexity index is 989. The van der Waals surface area contributed by atoms with E-state index in [1.165, 1.54) is 0 Å². The second kappa shape index (κ2) is 9.23. The molecule has 0 aliphatic carbocycles. The predicted octanol–water partition coefficient (Wildman–Crippen LogP) is 3.86. The molecular weight excluding hydrogens is 368 g/mol. The van der Waals surface area contributed by atoms with Crippen LogP contribution in [0.3, 0.4) is 0 Å². The number of imidazole rings is 1. The smallest absolute Gasteiger partial charge is 0.292 e. The molecule has 0 aliphatic heterocycles. The lowest BCUT2D eigenvalue weighted by Crippen LogP contribution is -2.33. The van der Waals surface area contributed by atoms with Gasteiger partial charge in [0.1, 0.15) is 5.75 Å². The number of hydrogen-bond donors (Lipinski definition) is 1. The van der Waals surface area contributed by atoms with Crippen LogP contribution in [0.1, 0.15) is 47.8 Å². The van der Waals surface area contributed by atoms with Crippen molar-refractivity contribution in [3.05, 3.63) is 60.2 Å². The average molecular weight is 394 g/mol. The highest BCUT2D eigenvalue weighted by molar-refractivity contribution is 6.06. The number of ether oxygens (including phenoxy) is 1. The zero-order valence-corrected chi connectivity index (χ0v) is 17.0. The van der Waals surface area contributed by atoms with Crippen LogP contribution in [0, 0.1) is 0 Å². The molecule has 7 nitrogen and oxygen atoms in total. The van der Waals surface area contributed by atoms with Crippen LogP contribution in [0.15, 0.2) is 48.7 Å². The molecule has 0 fully saturated rings. The second-order valence-corrected chi connectivity index (χ2v) is 6.71. The Hall–Kier alpha value is -3.35. The van der Waals surface area contributed by atoms with Crippen molar-refractivity contribution in [2.24, 2.45) is 0 Å². The zero-order valence-electron chi connectivity index (χ0n) is 17.0. The van der Waals surface area contributed by atoms with E-state index in [0.29, 0.717) is 35.7 Å². The van der Waals surface area contributed by atoms with Crippen LogP contribution in [0.25, 0.3) is 5.52 Å². The summed E-state index contributed by atoms with van der Waals surface area (Å²) in [5.41, 5.74) is 1.54. The Morgan fingerprint density at radius 3 is 2.38 bits per heavy atom. The van der Waals surface area contributed by atoms with E-state index in [1.807, 2.05) is 26.0 Å². The molecule has 0 atom stereocenters. The third-order valence-electron chi connectivity index (χ3n) is 4.58. The Kier molecular flexibility index (Phi) is 6.49. The third-order valence-corrected chi connectivity index (χ3v) is 4.58. The van der Waals surface area contributed by atoms with Gasteiger partial charge in [-0.1, -0.05) is 19.9 Å². The monoisotopic (exact) mass is 394 g/mol. The van der Waals surface area contributed by atoms with E-state index in [-0.39, 0.29) is 17.6 Å². The molecule has 152 valence electrons. The van der Waals surface area contributed by atoms with Crippen molar-refractivity contribution in [2.45, 2.75) is 26.7 Å². The van der Waals surface area contributed by atoms with Gasteiger partial charge in [-0.2, -0.15) is 0 Å². The Morgan fingerprint density at radius 2 is 1.76 bits per heavy atom. The Balaban J connectivity index is 1.94. The Morgan fingerprint density at radius 1 is 1.07 bits per heavy atom. The van der Waals surface area contributed by atoms with Gasteiger partial charge in [0, 0.05) is 25.0 Å². The second-order valence-electron chi connectivity index (χ2n) is 6.71. The van der Waals surface area contributed by atoms with Crippen LogP contribution in [0.4, 0.5) is 5.69 Å². The van der Waals surface area contributed by atoms with Crippen molar-refractivity contribution in [1.29, 1.82) is 0 Å². The fourth-order valence-electron chi connectivity index (χ4n) is 3.22. The molecule has 1 aromatic carbocycles. The standard InChI is InChI=1S/C22H26N4O3/c1-4-13-25(14-5-2)22(28)19-18-8-6-7-15-26(18)20(24-19)21(27)23-16-9-11-17(29-3)12-10-16/h6-12,15H,4-5,13-14H2,1-3H3,(H,23,27). The van der Waals surface area contributed by atoms with Gasteiger partial charge in [0.15, 0.2) is 5.69 Å². The first kappa shape index (κ1) is 20.4. The molecule has 0 radical (unpaired) electrons. The van der Waals surface area contributed by atoms with Crippen LogP contribution in [-0.2, 0) is 0 Å². The van der Waals surface area contributed by atoms with Crippen LogP contribution >= 0.6 is 0 Å². The highest BCUT2D eigenvalue weighted by atomic mass is 16.5. The normalized spacial score (nSPS) is 10.7. The minimum absolute atomic E-state index is 0.152. The summed E-state index contributed by atoms with van der Waals surface area (Å²) in [7, 11) is 1.59. The van der Waals surface area contributed by atoms with E-state index < -0.39 is 0 Å². The number of hydrogen-bond acceptors (Lipinski definition) is 4. The summed E-state index contributed by atoms with van der Waals surface area (Å²) in [6.07, 6.45) is 3.47. The van der Waals surface area contributed by atoms with Gasteiger partial charge < -0.3 is 15.0 Å². The largest absolute Gasteiger partial charge is 0.497 e. The number of nitrogens with zero attached hydrogens (tertiary/aromatic N) is 3. The van der Waals surface area contributed by atoms with Gasteiger partial charge in [-0.3, -0.25) is 14.0 Å². The highest BCUT2D eigenvalue weighted by Crippen LogP contribution is 2.19. The van der Waals surface area contributed by atoms with Gasteiger partial charge in [-0.05, 0) is 49.2 Å². The first-order valence-electron chi connectivity index (χ1n) is 9.80. The van der Waals surface area contributed by atoms with E-state index in [2.05, 4.69) is 10.3 Å². The lowest BCUT2D eigenvalue weighted by molar-refractivity contribution is 0.0752. The summed E-state index contributed by atoms with van der Waals surface area (Å²) in [6, 6.07) is 12.5. The first-order chi connectivity index (χ1) is 14.1. The fourth-order valence-corrected chi connectivity index (χ4v) is 3.22. The molecule has 0 aliphatic rings. The molecular formula is C22H26N4O3. The van der Waals surface area contributed by atoms with E-state index in [9.17, 15) is 9.59 Å². The maximum Gasteiger partial charge on any atom is 0.292 e. The molecule has 29 heavy (non-hydrogen) atoms. The third kappa shape index (κ3) is 4.39. The van der Waals surface area contributed by atoms with Crippen molar-refractivity contribution in [2.75, 3.05) is 25.5 Å². The lowest BCUT2D eigenvalue weighted by Gasteiger charge is -2.20. The number of carbonyl (C=O) groups excluding carboxylic acids is 2. The average Bonchev–Trinajstić information content (AvgIpc) is 3.13. The van der Waals surface area contributed by atoms with E-state index in [0.717, 1.165) is 12.8 Å². The summed E-state index contributed by atoms with van der Waals surface area (Å²) < 4.78 is 6.79. The number of rotatable bonds is 8. The molecule has 0 unspecified atom stereocenters. The van der Waals surface area contributed by atoms with E-state index in [4.69, 9.17) is 4.74 Å². The summed E-state index contributed by atoms with van der Waals surface area (Å²) in [5.74, 6) is 0.343. The number of anilines is 1. The molecule has 1 N–H and O–H groups in total. The quantitative estimate of drug-likeness (QED) is 0.629. The van der Waals surface area contributed by atoms with Crippen molar-refractivity contribution in [3.8, 4) is 5.75 Å². The van der Waals surface area contributed by atoms with Gasteiger partial charge in [-0.15, -0.1) is 0 Å². The lowest BCUT2D eigenvalue weighted by atomic mass is 10.2. The minimum Gasteiger partial charge on any atom is -0.497 e. The van der Waals surface area contributed by atoms with E-state index in [1.54, 1.807) is 52.9 Å². The van der Waals surface area contributed by atoms with Gasteiger partial charge >= 0.3 is 0 Å². The van der Waals surface area contributed by atoms with Gasteiger partial charge in [0.2, 0.25) is 5.82 Å². The molecule has 2 heterocycles. The van der Waals surface area contributed by atoms with Crippen molar-refractivity contribution in [3.63, 3.8) is 0 Å². The summed E-state index contributed by atoms with van der Waals surface area (Å²) in [4.78, 5) is 32.2. The molecule has 2 amide bonds. The molecule has 0 spiro atoms. The first-order valence-corrected chi connectivity index (χ1v) is 9.80. The maximum absolute atomic E-state index is 13.1. The SMILES string of the molecule is CCCN(CCC)C(=O)c1nc(C(=O)Nc2ccc(OC)cc2)n2ccccc12. The summed E-state index contributed by atoms with van der Waals surface area (Å²) in [6.45, 7) is 5.39. The van der Waals surface area contributed by atoms with Crippen LogP contribution < -0.4 is 10.1 Å². The summed E-state index contributed by atoms with van der Waals surface area (Å²) >= 11 is 0. The van der Waals surface area contributed by atoms with Crippen LogP contribution in [-0.4, -0.2) is 46.3 Å². The molecule has 0 saturated carbocycles. The van der Waals surface area contributed by atoms with Gasteiger partial charge in [-0.25, -0.2) is 4.98 Å². The number of methoxy groups -OCH3 is 1. The summed E-state index contributed by atoms with van der Waals surface area (Å²) in [5, 5.41) is 2.83. The van der Waals surface area contributed by atoms with E-state index >= 15 is 0 Å². The van der Waals surface area contributed by atoms with Gasteiger partial charge in [0.05, 0.1) is 12.6 Å². The van der Waals surface area contributed by atoms with Crippen LogP contribution in [0.5, 0.6) is 5.75 Å². The van der Waals surface area contributed by atoms with Crippen molar-refractivity contribution >= 4 is 23.0 Å².